The van der Waals surface area contributed by atoms with Gasteiger partial charge in [0.15, 0.2) is 0 Å². The first-order valence-corrected chi connectivity index (χ1v) is 7.88. The zero-order valence-electron chi connectivity index (χ0n) is 13.9. The minimum atomic E-state index is -4.27. The number of methoxy groups -OCH3 is 2. The second kappa shape index (κ2) is 10.1. The van der Waals surface area contributed by atoms with Crippen molar-refractivity contribution in [3.8, 4) is 11.6 Å². The van der Waals surface area contributed by atoms with Crippen molar-refractivity contribution < 1.29 is 35.9 Å². The largest absolute Gasteiger partial charge is 0.496 e. The van der Waals surface area contributed by atoms with E-state index in [4.69, 9.17) is 9.47 Å². The monoisotopic (exact) mass is 406 g/mol. The summed E-state index contributed by atoms with van der Waals surface area (Å²) >= 11 is 0. The third-order valence-electron chi connectivity index (χ3n) is 2.60. The zero-order valence-corrected chi connectivity index (χ0v) is 14.7. The van der Waals surface area contributed by atoms with Crippen LogP contribution in [0.15, 0.2) is 41.0 Å². The molecule has 2 aromatic rings. The Balaban J connectivity index is 0.000000309. The van der Waals surface area contributed by atoms with Gasteiger partial charge in [-0.05, 0) is 12.1 Å². The number of anilines is 1. The van der Waals surface area contributed by atoms with Crippen LogP contribution >= 0.6 is 0 Å². The molecular formula is C14H13F3N4O5S. The molecule has 0 aliphatic heterocycles. The van der Waals surface area contributed by atoms with Gasteiger partial charge in [-0.1, -0.05) is 4.36 Å². The highest BCUT2D eigenvalue weighted by molar-refractivity contribution is 7.62. The van der Waals surface area contributed by atoms with Crippen LogP contribution in [-0.4, -0.2) is 38.6 Å². The highest BCUT2D eigenvalue weighted by Gasteiger charge is 2.30. The van der Waals surface area contributed by atoms with Crippen LogP contribution in [0.2, 0.25) is 0 Å². The van der Waals surface area contributed by atoms with Gasteiger partial charge in [-0.15, -0.1) is 0 Å². The number of hydrogen-bond acceptors (Lipinski definition) is 7. The fraction of sp³-hybridized carbons (Fsp3) is 0.214. The van der Waals surface area contributed by atoms with Gasteiger partial charge in [0.05, 0.1) is 19.8 Å². The Morgan fingerprint density at radius 2 is 1.93 bits per heavy atom. The molecule has 0 saturated heterocycles. The number of amides is 2. The smallest absolute Gasteiger partial charge is 0.417 e. The number of hydrogen-bond donors (Lipinski definition) is 1. The van der Waals surface area contributed by atoms with E-state index in [2.05, 4.69) is 19.6 Å². The molecule has 0 aliphatic rings. The average molecular weight is 406 g/mol. The van der Waals surface area contributed by atoms with E-state index in [1.54, 1.807) is 0 Å². The van der Waals surface area contributed by atoms with Gasteiger partial charge in [-0.25, -0.2) is 4.79 Å². The number of aromatic nitrogens is 2. The molecule has 2 amide bonds. The molecule has 146 valence electrons. The number of carbonyl (C=O) groups excluding carboxylic acids is 1. The molecule has 0 fully saturated rings. The van der Waals surface area contributed by atoms with E-state index in [9.17, 15) is 26.4 Å². The van der Waals surface area contributed by atoms with Crippen molar-refractivity contribution in [3.05, 3.63) is 42.2 Å². The number of nitrogens with one attached hydrogen (secondary N) is 1. The predicted molar refractivity (Wildman–Crippen MR) is 86.9 cm³/mol. The molecule has 0 saturated carbocycles. The van der Waals surface area contributed by atoms with Gasteiger partial charge < -0.3 is 9.47 Å². The van der Waals surface area contributed by atoms with E-state index in [1.807, 2.05) is 0 Å². The van der Waals surface area contributed by atoms with E-state index >= 15 is 0 Å². The van der Waals surface area contributed by atoms with Crippen LogP contribution in [0.25, 0.3) is 0 Å². The summed E-state index contributed by atoms with van der Waals surface area (Å²) in [6, 6.07) is 4.07. The zero-order chi connectivity index (χ0) is 20.4. The minimum Gasteiger partial charge on any atom is -0.496 e. The first-order chi connectivity index (χ1) is 12.7. The van der Waals surface area contributed by atoms with Crippen molar-refractivity contribution in [2.45, 2.75) is 6.18 Å². The SMILES string of the molecule is COc1cc(NC(=O)N=S(=O)=O)nc(OC)c1.FC(F)(F)c1cccnc1. The van der Waals surface area contributed by atoms with Crippen molar-refractivity contribution in [2.75, 3.05) is 19.5 Å². The summed E-state index contributed by atoms with van der Waals surface area (Å²) in [7, 11) is 0.0104. The second-order valence-electron chi connectivity index (χ2n) is 4.41. The maximum atomic E-state index is 11.7. The lowest BCUT2D eigenvalue weighted by Crippen LogP contribution is -2.08. The molecule has 2 aromatic heterocycles. The molecular weight excluding hydrogens is 393 g/mol. The summed E-state index contributed by atoms with van der Waals surface area (Å²) in [5.74, 6) is 0.679. The molecule has 1 N–H and O–H groups in total. The van der Waals surface area contributed by atoms with E-state index in [-0.39, 0.29) is 11.7 Å². The molecule has 0 radical (unpaired) electrons. The molecule has 9 nitrogen and oxygen atoms in total. The second-order valence-corrected chi connectivity index (χ2v) is 5.03. The minimum absolute atomic E-state index is 0.0698. The first kappa shape index (κ1) is 21.8. The average Bonchev–Trinajstić information content (AvgIpc) is 2.61. The molecule has 0 atom stereocenters. The van der Waals surface area contributed by atoms with Gasteiger partial charge in [-0.2, -0.15) is 26.6 Å². The van der Waals surface area contributed by atoms with Gasteiger partial charge in [0.1, 0.15) is 11.6 Å². The normalized spacial score (nSPS) is 10.1. The van der Waals surface area contributed by atoms with Crippen LogP contribution in [0.5, 0.6) is 11.6 Å². The highest BCUT2D eigenvalue weighted by atomic mass is 32.2. The van der Waals surface area contributed by atoms with Crippen molar-refractivity contribution in [3.63, 3.8) is 0 Å². The van der Waals surface area contributed by atoms with Crippen molar-refractivity contribution in [1.29, 1.82) is 0 Å². The quantitative estimate of drug-likeness (QED) is 0.832. The summed E-state index contributed by atoms with van der Waals surface area (Å²) in [6.07, 6.45) is -2.18. The van der Waals surface area contributed by atoms with Gasteiger partial charge in [-0.3, -0.25) is 10.3 Å². The molecule has 27 heavy (non-hydrogen) atoms. The standard InChI is InChI=1S/C8H9N3O5S.C6H4F3N/c1-15-5-3-6(9-7(4-5)16-2)10-8(12)11-17(13)14;7-6(8,9)5-2-1-3-10-4-5/h3-4H,1-2H3,(H,9,10,12);1-4H. The Morgan fingerprint density at radius 1 is 1.22 bits per heavy atom. The number of urea groups is 1. The maximum absolute atomic E-state index is 11.7. The van der Waals surface area contributed by atoms with Crippen LogP contribution in [0.3, 0.4) is 0 Å². The van der Waals surface area contributed by atoms with Crippen molar-refractivity contribution in [1.82, 2.24) is 9.97 Å². The van der Waals surface area contributed by atoms with E-state index < -0.39 is 28.3 Å². The third-order valence-corrected chi connectivity index (χ3v) is 2.92. The lowest BCUT2D eigenvalue weighted by Gasteiger charge is -2.06. The highest BCUT2D eigenvalue weighted by Crippen LogP contribution is 2.27. The van der Waals surface area contributed by atoms with Gasteiger partial charge in [0, 0.05) is 24.5 Å². The summed E-state index contributed by atoms with van der Waals surface area (Å²) in [4.78, 5) is 18.2. The molecule has 0 bridgehead atoms. The molecule has 2 heterocycles. The fourth-order valence-corrected chi connectivity index (χ4v) is 1.68. The number of pyridine rings is 2. The first-order valence-electron chi connectivity index (χ1n) is 6.85. The van der Waals surface area contributed by atoms with Crippen molar-refractivity contribution >= 4 is 22.3 Å². The van der Waals surface area contributed by atoms with Crippen LogP contribution in [-0.2, 0) is 16.7 Å². The Hall–Kier alpha value is -3.22. The number of alkyl halides is 3. The molecule has 13 heteroatoms. The number of nitrogens with zero attached hydrogens (tertiary/aromatic N) is 3. The lowest BCUT2D eigenvalue weighted by atomic mass is 10.3. The Morgan fingerprint density at radius 3 is 2.37 bits per heavy atom. The lowest BCUT2D eigenvalue weighted by molar-refractivity contribution is -0.137. The van der Waals surface area contributed by atoms with Crippen LogP contribution < -0.4 is 14.8 Å². The fourth-order valence-electron chi connectivity index (χ4n) is 1.50. The van der Waals surface area contributed by atoms with E-state index in [1.165, 1.54) is 38.6 Å². The predicted octanol–water partition coefficient (Wildman–Crippen LogP) is 2.79. The topological polar surface area (TPSA) is 120 Å². The van der Waals surface area contributed by atoms with Crippen LogP contribution in [0.4, 0.5) is 23.8 Å². The third kappa shape index (κ3) is 8.13. The summed E-state index contributed by atoms with van der Waals surface area (Å²) in [5, 5.41) is 2.15. The number of ether oxygens (including phenoxy) is 2. The molecule has 0 aromatic carbocycles. The van der Waals surface area contributed by atoms with Gasteiger partial charge in [0.2, 0.25) is 5.88 Å². The van der Waals surface area contributed by atoms with E-state index in [0.29, 0.717) is 5.75 Å². The van der Waals surface area contributed by atoms with Gasteiger partial charge >= 0.3 is 22.7 Å². The maximum Gasteiger partial charge on any atom is 0.417 e. The summed E-state index contributed by atoms with van der Waals surface area (Å²) in [5.41, 5.74) is -0.713. The molecule has 0 spiro atoms. The Kier molecular flexibility index (Phi) is 8.13. The summed E-state index contributed by atoms with van der Waals surface area (Å²) < 4.78 is 68.1. The van der Waals surface area contributed by atoms with Crippen LogP contribution in [0, 0.1) is 0 Å². The van der Waals surface area contributed by atoms with Gasteiger partial charge in [0.25, 0.3) is 0 Å². The number of halogens is 3. The Bertz CT molecular complexity index is 874. The number of rotatable bonds is 3. The Labute approximate surface area is 152 Å². The summed E-state index contributed by atoms with van der Waals surface area (Å²) in [6.45, 7) is 0. The molecule has 0 unspecified atom stereocenters. The van der Waals surface area contributed by atoms with Crippen LogP contribution in [0.1, 0.15) is 5.56 Å². The number of carbonyl (C=O) groups is 1. The molecule has 0 aliphatic carbocycles. The molecule has 2 rings (SSSR count). The van der Waals surface area contributed by atoms with Crippen molar-refractivity contribution in [2.24, 2.45) is 4.36 Å². The van der Waals surface area contributed by atoms with E-state index in [0.717, 1.165) is 12.3 Å².